The minimum absolute atomic E-state index is 0.197. The SMILES string of the molecule is CCOC(=O)C1=C(COC(=O)c2ccccc2Cc2ccccc2)NC(=O)NC1C. The molecule has 1 aliphatic rings. The number of hydrogen-bond donors (Lipinski definition) is 2. The molecule has 30 heavy (non-hydrogen) atoms. The van der Waals surface area contributed by atoms with Crippen molar-refractivity contribution in [3.05, 3.63) is 82.6 Å². The lowest BCUT2D eigenvalue weighted by Gasteiger charge is -2.26. The van der Waals surface area contributed by atoms with Gasteiger partial charge in [-0.1, -0.05) is 48.5 Å². The van der Waals surface area contributed by atoms with Gasteiger partial charge in [-0.3, -0.25) is 0 Å². The molecular formula is C23H24N2O5. The van der Waals surface area contributed by atoms with Crippen molar-refractivity contribution >= 4 is 18.0 Å². The Morgan fingerprint density at radius 1 is 0.967 bits per heavy atom. The van der Waals surface area contributed by atoms with Crippen molar-refractivity contribution in [1.82, 2.24) is 10.6 Å². The second kappa shape index (κ2) is 9.73. The molecule has 1 unspecified atom stereocenters. The molecule has 1 aliphatic heterocycles. The molecule has 3 rings (SSSR count). The van der Waals surface area contributed by atoms with Crippen LogP contribution in [-0.4, -0.2) is 37.2 Å². The number of nitrogens with one attached hydrogen (secondary N) is 2. The average Bonchev–Trinajstić information content (AvgIpc) is 2.73. The number of carbonyl (C=O) groups excluding carboxylic acids is 3. The summed E-state index contributed by atoms with van der Waals surface area (Å²) in [4.78, 5) is 36.9. The molecule has 0 aliphatic carbocycles. The second-order valence-corrected chi connectivity index (χ2v) is 6.83. The Kier molecular flexibility index (Phi) is 6.85. The van der Waals surface area contributed by atoms with Crippen LogP contribution >= 0.6 is 0 Å². The third-order valence-corrected chi connectivity index (χ3v) is 4.69. The van der Waals surface area contributed by atoms with E-state index in [9.17, 15) is 14.4 Å². The highest BCUT2D eigenvalue weighted by Crippen LogP contribution is 2.18. The monoisotopic (exact) mass is 408 g/mol. The lowest BCUT2D eigenvalue weighted by molar-refractivity contribution is -0.139. The molecular weight excluding hydrogens is 384 g/mol. The molecule has 0 fully saturated rings. The van der Waals surface area contributed by atoms with E-state index in [0.29, 0.717) is 12.0 Å². The van der Waals surface area contributed by atoms with E-state index in [1.54, 1.807) is 26.0 Å². The van der Waals surface area contributed by atoms with Crippen LogP contribution in [0.25, 0.3) is 0 Å². The third-order valence-electron chi connectivity index (χ3n) is 4.69. The molecule has 2 N–H and O–H groups in total. The van der Waals surface area contributed by atoms with E-state index in [0.717, 1.165) is 11.1 Å². The Morgan fingerprint density at radius 2 is 1.67 bits per heavy atom. The number of rotatable bonds is 7. The Labute approximate surface area is 175 Å². The summed E-state index contributed by atoms with van der Waals surface area (Å²) in [6.07, 6.45) is 0.584. The maximum atomic E-state index is 12.8. The van der Waals surface area contributed by atoms with Gasteiger partial charge in [-0.2, -0.15) is 0 Å². The number of benzene rings is 2. The third kappa shape index (κ3) is 5.05. The number of carbonyl (C=O) groups is 3. The Morgan fingerprint density at radius 3 is 2.40 bits per heavy atom. The minimum atomic E-state index is -0.562. The molecule has 7 heteroatoms. The number of urea groups is 1. The largest absolute Gasteiger partial charge is 0.463 e. The summed E-state index contributed by atoms with van der Waals surface area (Å²) in [6.45, 7) is 3.32. The predicted octanol–water partition coefficient (Wildman–Crippen LogP) is 2.95. The van der Waals surface area contributed by atoms with Crippen molar-refractivity contribution in [3.63, 3.8) is 0 Å². The van der Waals surface area contributed by atoms with Crippen LogP contribution in [0.5, 0.6) is 0 Å². The lowest BCUT2D eigenvalue weighted by Crippen LogP contribution is -2.50. The summed E-state index contributed by atoms with van der Waals surface area (Å²) < 4.78 is 10.5. The van der Waals surface area contributed by atoms with Gasteiger partial charge in [-0.15, -0.1) is 0 Å². The summed E-state index contributed by atoms with van der Waals surface area (Å²) in [5.41, 5.74) is 2.80. The lowest BCUT2D eigenvalue weighted by atomic mass is 10.00. The minimum Gasteiger partial charge on any atom is -0.463 e. The first-order chi connectivity index (χ1) is 14.5. The van der Waals surface area contributed by atoms with Crippen LogP contribution in [0.1, 0.15) is 35.3 Å². The molecule has 7 nitrogen and oxygen atoms in total. The second-order valence-electron chi connectivity index (χ2n) is 6.83. The standard InChI is InChI=1S/C23H24N2O5/c1-3-29-22(27)20-15(2)24-23(28)25-19(20)14-30-21(26)18-12-8-7-11-17(18)13-16-9-5-4-6-10-16/h4-12,15H,3,13-14H2,1-2H3,(H2,24,25,28). The Hall–Kier alpha value is -3.61. The zero-order valence-electron chi connectivity index (χ0n) is 16.9. The zero-order chi connectivity index (χ0) is 21.5. The van der Waals surface area contributed by atoms with Gasteiger partial charge in [-0.05, 0) is 37.5 Å². The highest BCUT2D eigenvalue weighted by molar-refractivity contribution is 5.95. The molecule has 0 aromatic heterocycles. The fourth-order valence-corrected chi connectivity index (χ4v) is 3.30. The number of esters is 2. The van der Waals surface area contributed by atoms with E-state index in [-0.39, 0.29) is 24.5 Å². The molecule has 2 aromatic carbocycles. The maximum Gasteiger partial charge on any atom is 0.338 e. The van der Waals surface area contributed by atoms with Crippen LogP contribution in [0, 0.1) is 0 Å². The highest BCUT2D eigenvalue weighted by Gasteiger charge is 2.30. The summed E-state index contributed by atoms with van der Waals surface area (Å²) in [5, 5.41) is 5.15. The van der Waals surface area contributed by atoms with Crippen LogP contribution in [0.2, 0.25) is 0 Å². The fraction of sp³-hybridized carbons (Fsp3) is 0.261. The fourth-order valence-electron chi connectivity index (χ4n) is 3.30. The number of ether oxygens (including phenoxy) is 2. The van der Waals surface area contributed by atoms with Crippen molar-refractivity contribution in [2.24, 2.45) is 0 Å². The Bertz CT molecular complexity index is 969. The van der Waals surface area contributed by atoms with Crippen LogP contribution in [0.15, 0.2) is 65.9 Å². The quantitative estimate of drug-likeness (QED) is 0.687. The molecule has 1 atom stereocenters. The van der Waals surface area contributed by atoms with Gasteiger partial charge in [0.05, 0.1) is 29.5 Å². The topological polar surface area (TPSA) is 93.7 Å². The van der Waals surface area contributed by atoms with Crippen molar-refractivity contribution in [3.8, 4) is 0 Å². The van der Waals surface area contributed by atoms with Crippen LogP contribution in [0.4, 0.5) is 4.79 Å². The van der Waals surface area contributed by atoms with Gasteiger partial charge in [0.25, 0.3) is 0 Å². The molecule has 0 bridgehead atoms. The Balaban J connectivity index is 1.78. The van der Waals surface area contributed by atoms with E-state index in [1.807, 2.05) is 42.5 Å². The van der Waals surface area contributed by atoms with Crippen LogP contribution in [-0.2, 0) is 20.7 Å². The summed E-state index contributed by atoms with van der Waals surface area (Å²) in [7, 11) is 0. The highest BCUT2D eigenvalue weighted by atomic mass is 16.5. The first-order valence-corrected chi connectivity index (χ1v) is 9.76. The van der Waals surface area contributed by atoms with Gasteiger partial charge < -0.3 is 20.1 Å². The average molecular weight is 408 g/mol. The molecule has 0 saturated carbocycles. The maximum absolute atomic E-state index is 12.8. The van der Waals surface area contributed by atoms with Gasteiger partial charge in [0.1, 0.15) is 6.61 Å². The zero-order valence-corrected chi connectivity index (χ0v) is 16.9. The van der Waals surface area contributed by atoms with E-state index in [1.165, 1.54) is 0 Å². The van der Waals surface area contributed by atoms with Crippen molar-refractivity contribution in [2.75, 3.05) is 13.2 Å². The first kappa shape index (κ1) is 21.1. The molecule has 1 heterocycles. The summed E-state index contributed by atoms with van der Waals surface area (Å²) in [5.74, 6) is -1.09. The number of hydrogen-bond acceptors (Lipinski definition) is 5. The van der Waals surface area contributed by atoms with Crippen molar-refractivity contribution < 1.29 is 23.9 Å². The molecule has 2 amide bonds. The van der Waals surface area contributed by atoms with E-state index < -0.39 is 24.0 Å². The smallest absolute Gasteiger partial charge is 0.338 e. The van der Waals surface area contributed by atoms with Gasteiger partial charge in [-0.25, -0.2) is 14.4 Å². The first-order valence-electron chi connectivity index (χ1n) is 9.76. The van der Waals surface area contributed by atoms with Gasteiger partial charge >= 0.3 is 18.0 Å². The van der Waals surface area contributed by atoms with Crippen LogP contribution in [0.3, 0.4) is 0 Å². The van der Waals surface area contributed by atoms with Gasteiger partial charge in [0, 0.05) is 0 Å². The van der Waals surface area contributed by atoms with Crippen LogP contribution < -0.4 is 10.6 Å². The molecule has 156 valence electrons. The molecule has 0 saturated heterocycles. The van der Waals surface area contributed by atoms with Crippen molar-refractivity contribution in [1.29, 1.82) is 0 Å². The molecule has 2 aromatic rings. The van der Waals surface area contributed by atoms with E-state index >= 15 is 0 Å². The number of amides is 2. The summed E-state index contributed by atoms with van der Waals surface area (Å²) in [6, 6.07) is 16.0. The van der Waals surface area contributed by atoms with Gasteiger partial charge in [0.15, 0.2) is 0 Å². The molecule has 0 radical (unpaired) electrons. The predicted molar refractivity (Wildman–Crippen MR) is 111 cm³/mol. The molecule has 0 spiro atoms. The summed E-state index contributed by atoms with van der Waals surface area (Å²) >= 11 is 0. The normalized spacial score (nSPS) is 15.8. The van der Waals surface area contributed by atoms with E-state index in [4.69, 9.17) is 9.47 Å². The van der Waals surface area contributed by atoms with E-state index in [2.05, 4.69) is 10.6 Å². The van der Waals surface area contributed by atoms with Gasteiger partial charge in [0.2, 0.25) is 0 Å². The van der Waals surface area contributed by atoms with Crippen molar-refractivity contribution in [2.45, 2.75) is 26.3 Å².